The quantitative estimate of drug-likeness (QED) is 0.791. The van der Waals surface area contributed by atoms with Crippen LogP contribution in [-0.2, 0) is 11.3 Å². The van der Waals surface area contributed by atoms with Crippen molar-refractivity contribution in [2.24, 2.45) is 0 Å². The maximum atomic E-state index is 12.8. The van der Waals surface area contributed by atoms with Gasteiger partial charge >= 0.3 is 6.09 Å². The first kappa shape index (κ1) is 19.7. The zero-order chi connectivity index (χ0) is 20.1. The molecule has 1 amide bonds. The minimum absolute atomic E-state index is 0.0427. The van der Waals surface area contributed by atoms with Crippen LogP contribution in [0.2, 0.25) is 0 Å². The van der Waals surface area contributed by atoms with Crippen LogP contribution in [0.4, 0.5) is 10.6 Å². The zero-order valence-corrected chi connectivity index (χ0v) is 17.2. The Labute approximate surface area is 173 Å². The van der Waals surface area contributed by atoms with Crippen molar-refractivity contribution < 1.29 is 9.53 Å². The molecule has 0 aliphatic carbocycles. The Kier molecular flexibility index (Phi) is 6.30. The molecule has 1 atom stereocenters. The average Bonchev–Trinajstić information content (AvgIpc) is 2.79. The van der Waals surface area contributed by atoms with E-state index in [1.54, 1.807) is 0 Å². The maximum Gasteiger partial charge on any atom is 0.410 e. The van der Waals surface area contributed by atoms with Crippen molar-refractivity contribution in [3.63, 3.8) is 0 Å². The standard InChI is InChI=1S/C23H30N4O2/c1-25-13-15-26(16-14-25)22-11-10-20(17-24-22)21-9-5-6-12-27(21)23(28)29-18-19-7-3-2-4-8-19/h2-4,7-8,10-11,17,21H,5-6,9,12-16,18H2,1H3/t21-/m1/s1. The summed E-state index contributed by atoms with van der Waals surface area (Å²) < 4.78 is 5.60. The highest BCUT2D eigenvalue weighted by molar-refractivity contribution is 5.68. The molecule has 2 aliphatic rings. The largest absolute Gasteiger partial charge is 0.445 e. The van der Waals surface area contributed by atoms with Crippen molar-refractivity contribution in [1.29, 1.82) is 0 Å². The van der Waals surface area contributed by atoms with Crippen molar-refractivity contribution in [3.8, 4) is 0 Å². The summed E-state index contributed by atoms with van der Waals surface area (Å²) in [7, 11) is 2.16. The monoisotopic (exact) mass is 394 g/mol. The lowest BCUT2D eigenvalue weighted by molar-refractivity contribution is 0.0678. The third-order valence-corrected chi connectivity index (χ3v) is 5.93. The molecule has 29 heavy (non-hydrogen) atoms. The van der Waals surface area contributed by atoms with Gasteiger partial charge in [0.2, 0.25) is 0 Å². The summed E-state index contributed by atoms with van der Waals surface area (Å²) in [5, 5.41) is 0. The Balaban J connectivity index is 1.40. The number of likely N-dealkylation sites (tertiary alicyclic amines) is 1. The smallest absolute Gasteiger partial charge is 0.410 e. The number of aromatic nitrogens is 1. The van der Waals surface area contributed by atoms with Crippen molar-refractivity contribution in [3.05, 3.63) is 59.8 Å². The Morgan fingerprint density at radius 1 is 1.03 bits per heavy atom. The van der Waals surface area contributed by atoms with Gasteiger partial charge in [0, 0.05) is 38.9 Å². The first-order valence-electron chi connectivity index (χ1n) is 10.6. The van der Waals surface area contributed by atoms with Crippen LogP contribution in [0.1, 0.15) is 36.4 Å². The molecule has 4 rings (SSSR count). The summed E-state index contributed by atoms with van der Waals surface area (Å²) in [6.07, 6.45) is 4.80. The molecule has 0 radical (unpaired) electrons. The van der Waals surface area contributed by atoms with Crippen molar-refractivity contribution in [2.45, 2.75) is 31.9 Å². The molecule has 2 saturated heterocycles. The van der Waals surface area contributed by atoms with E-state index >= 15 is 0 Å². The first-order valence-corrected chi connectivity index (χ1v) is 10.6. The number of ether oxygens (including phenoxy) is 1. The summed E-state index contributed by atoms with van der Waals surface area (Å²) in [6, 6.07) is 14.1. The minimum atomic E-state index is -0.235. The highest BCUT2D eigenvalue weighted by atomic mass is 16.6. The van der Waals surface area contributed by atoms with Gasteiger partial charge in [0.05, 0.1) is 6.04 Å². The van der Waals surface area contributed by atoms with Crippen LogP contribution in [0.15, 0.2) is 48.7 Å². The number of anilines is 1. The topological polar surface area (TPSA) is 48.9 Å². The third-order valence-electron chi connectivity index (χ3n) is 5.93. The molecule has 0 N–H and O–H groups in total. The fourth-order valence-electron chi connectivity index (χ4n) is 4.12. The Hall–Kier alpha value is -2.60. The number of likely N-dealkylation sites (N-methyl/N-ethyl adjacent to an activating group) is 1. The van der Waals surface area contributed by atoms with Crippen LogP contribution >= 0.6 is 0 Å². The zero-order valence-electron chi connectivity index (χ0n) is 17.2. The van der Waals surface area contributed by atoms with Gasteiger partial charge in [-0.15, -0.1) is 0 Å². The number of hydrogen-bond donors (Lipinski definition) is 0. The fraction of sp³-hybridized carbons (Fsp3) is 0.478. The summed E-state index contributed by atoms with van der Waals surface area (Å²) >= 11 is 0. The number of piperidine rings is 1. The number of nitrogens with zero attached hydrogens (tertiary/aromatic N) is 4. The first-order chi connectivity index (χ1) is 14.2. The van der Waals surface area contributed by atoms with E-state index in [4.69, 9.17) is 9.72 Å². The molecular weight excluding hydrogens is 364 g/mol. The second-order valence-electron chi connectivity index (χ2n) is 7.99. The van der Waals surface area contributed by atoms with E-state index in [0.29, 0.717) is 6.61 Å². The molecule has 0 saturated carbocycles. The molecule has 0 unspecified atom stereocenters. The van der Waals surface area contributed by atoms with Crippen LogP contribution < -0.4 is 4.90 Å². The molecule has 2 aliphatic heterocycles. The van der Waals surface area contributed by atoms with Gasteiger partial charge in [-0.2, -0.15) is 0 Å². The third kappa shape index (κ3) is 4.88. The second-order valence-corrected chi connectivity index (χ2v) is 7.99. The fourth-order valence-corrected chi connectivity index (χ4v) is 4.12. The molecular formula is C23H30N4O2. The molecule has 6 heteroatoms. The summed E-state index contributed by atoms with van der Waals surface area (Å²) in [5.74, 6) is 1.02. The van der Waals surface area contributed by atoms with Crippen LogP contribution in [-0.4, -0.2) is 60.6 Å². The molecule has 154 valence electrons. The minimum Gasteiger partial charge on any atom is -0.445 e. The normalized spacial score (nSPS) is 20.5. The van der Waals surface area contributed by atoms with Crippen molar-refractivity contribution in [1.82, 2.24) is 14.8 Å². The van der Waals surface area contributed by atoms with Crippen molar-refractivity contribution in [2.75, 3.05) is 44.7 Å². The molecule has 0 spiro atoms. The highest BCUT2D eigenvalue weighted by Crippen LogP contribution is 2.32. The Morgan fingerprint density at radius 2 is 1.83 bits per heavy atom. The Bertz CT molecular complexity index is 788. The van der Waals surface area contributed by atoms with Gasteiger partial charge in [0.1, 0.15) is 12.4 Å². The molecule has 0 bridgehead atoms. The lowest BCUT2D eigenvalue weighted by atomic mass is 9.97. The number of pyridine rings is 1. The van der Waals surface area contributed by atoms with E-state index < -0.39 is 0 Å². The SMILES string of the molecule is CN1CCN(c2ccc([C@H]3CCCCN3C(=O)OCc3ccccc3)cn2)CC1. The predicted molar refractivity (Wildman–Crippen MR) is 114 cm³/mol. The van der Waals surface area contributed by atoms with E-state index in [1.807, 2.05) is 41.4 Å². The van der Waals surface area contributed by atoms with Gasteiger partial charge in [-0.05, 0) is 43.5 Å². The van der Waals surface area contributed by atoms with E-state index in [2.05, 4.69) is 29.0 Å². The number of benzene rings is 1. The van der Waals surface area contributed by atoms with Gasteiger partial charge in [0.25, 0.3) is 0 Å². The van der Waals surface area contributed by atoms with E-state index in [1.165, 1.54) is 0 Å². The number of carbonyl (C=O) groups is 1. The van der Waals surface area contributed by atoms with Crippen LogP contribution in [0.5, 0.6) is 0 Å². The number of carbonyl (C=O) groups excluding carboxylic acids is 1. The van der Waals surface area contributed by atoms with Gasteiger partial charge in [-0.3, -0.25) is 0 Å². The molecule has 1 aromatic carbocycles. The molecule has 1 aromatic heterocycles. The summed E-state index contributed by atoms with van der Waals surface area (Å²) in [4.78, 5) is 24.0. The molecule has 6 nitrogen and oxygen atoms in total. The molecule has 3 heterocycles. The van der Waals surface area contributed by atoms with Crippen LogP contribution in [0.3, 0.4) is 0 Å². The van der Waals surface area contributed by atoms with E-state index in [-0.39, 0.29) is 12.1 Å². The molecule has 2 aromatic rings. The number of amides is 1. The lowest BCUT2D eigenvalue weighted by Crippen LogP contribution is -2.44. The summed E-state index contributed by atoms with van der Waals surface area (Å²) in [5.41, 5.74) is 2.10. The van der Waals surface area contributed by atoms with Gasteiger partial charge in [0.15, 0.2) is 0 Å². The molecule has 2 fully saturated rings. The predicted octanol–water partition coefficient (Wildman–Crippen LogP) is 3.70. The van der Waals surface area contributed by atoms with Gasteiger partial charge in [-0.1, -0.05) is 36.4 Å². The number of rotatable bonds is 4. The van der Waals surface area contributed by atoms with E-state index in [9.17, 15) is 4.79 Å². The van der Waals surface area contributed by atoms with Crippen LogP contribution in [0.25, 0.3) is 0 Å². The second kappa shape index (κ2) is 9.27. The van der Waals surface area contributed by atoms with Gasteiger partial charge in [-0.25, -0.2) is 9.78 Å². The Morgan fingerprint density at radius 3 is 2.55 bits per heavy atom. The lowest BCUT2D eigenvalue weighted by Gasteiger charge is -2.36. The summed E-state index contributed by atoms with van der Waals surface area (Å²) in [6.45, 7) is 5.18. The number of hydrogen-bond acceptors (Lipinski definition) is 5. The van der Waals surface area contributed by atoms with Crippen LogP contribution in [0, 0.1) is 0 Å². The highest BCUT2D eigenvalue weighted by Gasteiger charge is 2.29. The maximum absolute atomic E-state index is 12.8. The van der Waals surface area contributed by atoms with E-state index in [0.717, 1.165) is 68.9 Å². The average molecular weight is 395 g/mol. The number of piperazine rings is 1. The van der Waals surface area contributed by atoms with Crippen molar-refractivity contribution >= 4 is 11.9 Å². The van der Waals surface area contributed by atoms with Gasteiger partial charge < -0.3 is 19.4 Å².